The van der Waals surface area contributed by atoms with E-state index in [1.807, 2.05) is 39.0 Å². The molecule has 0 bridgehead atoms. The minimum absolute atomic E-state index is 0.0373. The van der Waals surface area contributed by atoms with Crippen LogP contribution in [0.2, 0.25) is 0 Å². The molecule has 2 spiro atoms. The number of amides is 1. The molecule has 4 rings (SSSR count). The van der Waals surface area contributed by atoms with Crippen LogP contribution in [0, 0.1) is 13.8 Å². The van der Waals surface area contributed by atoms with Crippen molar-refractivity contribution in [2.45, 2.75) is 57.8 Å². The smallest absolute Gasteiger partial charge is 0.282 e. The third kappa shape index (κ3) is 3.95. The van der Waals surface area contributed by atoms with Crippen LogP contribution in [0.1, 0.15) is 49.3 Å². The first-order valence-electron chi connectivity index (χ1n) is 11.2. The Morgan fingerprint density at radius 1 is 1.03 bits per heavy atom. The Bertz CT molecular complexity index is 845. The zero-order valence-corrected chi connectivity index (χ0v) is 19.4. The second-order valence-corrected chi connectivity index (χ2v) is 8.50. The molecular formula is C24H33NO7. The first-order valence-corrected chi connectivity index (χ1v) is 11.2. The Hall–Kier alpha value is -1.97. The van der Waals surface area contributed by atoms with E-state index in [4.69, 9.17) is 28.5 Å². The van der Waals surface area contributed by atoms with Crippen molar-refractivity contribution in [3.63, 3.8) is 0 Å². The van der Waals surface area contributed by atoms with Crippen molar-refractivity contribution in [1.29, 1.82) is 0 Å². The van der Waals surface area contributed by atoms with Crippen molar-refractivity contribution in [2.24, 2.45) is 0 Å². The molecule has 0 radical (unpaired) electrons. The van der Waals surface area contributed by atoms with Gasteiger partial charge in [0, 0.05) is 26.6 Å². The summed E-state index contributed by atoms with van der Waals surface area (Å²) < 4.78 is 28.8. The van der Waals surface area contributed by atoms with Gasteiger partial charge in [-0.3, -0.25) is 4.79 Å². The molecule has 3 aliphatic rings. The number of carbonyl (C=O) groups excluding carboxylic acids is 1. The monoisotopic (exact) mass is 447 g/mol. The number of hydroxylamine groups is 2. The highest BCUT2D eigenvalue weighted by Crippen LogP contribution is 2.53. The highest BCUT2D eigenvalue weighted by Gasteiger charge is 2.59. The lowest BCUT2D eigenvalue weighted by Crippen LogP contribution is -2.54. The third-order valence-corrected chi connectivity index (χ3v) is 6.61. The van der Waals surface area contributed by atoms with Gasteiger partial charge in [-0.2, -0.15) is 0 Å². The summed E-state index contributed by atoms with van der Waals surface area (Å²) in [4.78, 5) is 19.7. The summed E-state index contributed by atoms with van der Waals surface area (Å²) in [6, 6.07) is 6.00. The van der Waals surface area contributed by atoms with Gasteiger partial charge in [-0.25, -0.2) is 9.90 Å². The SMILES string of the molecule is CCOCOC1=C(c2c(C)cccc2C)C(=O)N(OCOC)C12CCC1(CC2)OCCO1. The number of methoxy groups -OCH3 is 1. The van der Waals surface area contributed by atoms with Crippen LogP contribution in [0.5, 0.6) is 0 Å². The van der Waals surface area contributed by atoms with E-state index in [9.17, 15) is 4.79 Å². The molecule has 2 fully saturated rings. The van der Waals surface area contributed by atoms with Gasteiger partial charge < -0.3 is 23.7 Å². The van der Waals surface area contributed by atoms with Crippen LogP contribution in [0.4, 0.5) is 0 Å². The summed E-state index contributed by atoms with van der Waals surface area (Å²) in [5, 5.41) is 1.46. The quantitative estimate of drug-likeness (QED) is 0.446. The molecule has 1 aliphatic carbocycles. The number of benzene rings is 1. The Balaban J connectivity index is 1.80. The Kier molecular flexibility index (Phi) is 6.88. The zero-order valence-electron chi connectivity index (χ0n) is 19.4. The van der Waals surface area contributed by atoms with E-state index in [-0.39, 0.29) is 19.5 Å². The molecule has 2 heterocycles. The molecule has 2 aliphatic heterocycles. The largest absolute Gasteiger partial charge is 0.468 e. The highest BCUT2D eigenvalue weighted by molar-refractivity contribution is 6.23. The average molecular weight is 448 g/mol. The molecule has 32 heavy (non-hydrogen) atoms. The van der Waals surface area contributed by atoms with Gasteiger partial charge in [0.1, 0.15) is 11.3 Å². The third-order valence-electron chi connectivity index (χ3n) is 6.61. The lowest BCUT2D eigenvalue weighted by atomic mass is 9.77. The molecule has 0 aromatic heterocycles. The number of carbonyl (C=O) groups is 1. The summed E-state index contributed by atoms with van der Waals surface area (Å²) >= 11 is 0. The van der Waals surface area contributed by atoms with Crippen LogP contribution < -0.4 is 0 Å². The Labute approximate surface area is 189 Å². The molecule has 0 N–H and O–H groups in total. The first-order chi connectivity index (χ1) is 15.5. The van der Waals surface area contributed by atoms with Gasteiger partial charge >= 0.3 is 0 Å². The van der Waals surface area contributed by atoms with Crippen LogP contribution in [0.15, 0.2) is 24.0 Å². The van der Waals surface area contributed by atoms with Crippen LogP contribution in [-0.4, -0.2) is 62.8 Å². The molecule has 0 unspecified atom stereocenters. The standard InChI is InChI=1S/C24H33NO7/c1-5-28-16-29-21-20(19-17(2)7-6-8-18(19)3)22(26)25(32-15-27-4)23(21)9-11-24(12-10-23)30-13-14-31-24/h6-8H,5,9-16H2,1-4H3. The van der Waals surface area contributed by atoms with E-state index in [1.165, 1.54) is 12.2 Å². The second kappa shape index (κ2) is 9.49. The van der Waals surface area contributed by atoms with Crippen LogP contribution in [-0.2, 0) is 33.3 Å². The number of ether oxygens (including phenoxy) is 5. The molecule has 8 nitrogen and oxygen atoms in total. The van der Waals surface area contributed by atoms with E-state index >= 15 is 0 Å². The van der Waals surface area contributed by atoms with Crippen molar-refractivity contribution in [3.05, 3.63) is 40.6 Å². The Morgan fingerprint density at radius 3 is 2.28 bits per heavy atom. The zero-order chi connectivity index (χ0) is 22.8. The van der Waals surface area contributed by atoms with Gasteiger partial charge in [0.25, 0.3) is 5.91 Å². The fourth-order valence-electron chi connectivity index (χ4n) is 5.09. The van der Waals surface area contributed by atoms with Crippen LogP contribution in [0.3, 0.4) is 0 Å². The summed E-state index contributed by atoms with van der Waals surface area (Å²) in [6.45, 7) is 7.64. The summed E-state index contributed by atoms with van der Waals surface area (Å²) in [6.07, 6.45) is 2.43. The fraction of sp³-hybridized carbons (Fsp3) is 0.625. The van der Waals surface area contributed by atoms with Crippen LogP contribution >= 0.6 is 0 Å². The average Bonchev–Trinajstić information content (AvgIpc) is 3.32. The molecule has 1 saturated carbocycles. The van der Waals surface area contributed by atoms with Gasteiger partial charge in [-0.15, -0.1) is 0 Å². The molecule has 1 amide bonds. The van der Waals surface area contributed by atoms with Crippen molar-refractivity contribution in [2.75, 3.05) is 40.5 Å². The van der Waals surface area contributed by atoms with Gasteiger partial charge in [-0.05, 0) is 50.3 Å². The highest BCUT2D eigenvalue weighted by atomic mass is 16.8. The number of hydrogen-bond donors (Lipinski definition) is 0. The van der Waals surface area contributed by atoms with E-state index in [2.05, 4.69) is 0 Å². The van der Waals surface area contributed by atoms with Crippen LogP contribution in [0.25, 0.3) is 5.57 Å². The predicted molar refractivity (Wildman–Crippen MR) is 116 cm³/mol. The molecular weight excluding hydrogens is 414 g/mol. The van der Waals surface area contributed by atoms with Gasteiger partial charge in [-0.1, -0.05) is 18.2 Å². The van der Waals surface area contributed by atoms with Crippen molar-refractivity contribution in [1.82, 2.24) is 5.06 Å². The minimum Gasteiger partial charge on any atom is -0.468 e. The predicted octanol–water partition coefficient (Wildman–Crippen LogP) is 3.46. The number of hydrogen-bond acceptors (Lipinski definition) is 7. The molecule has 8 heteroatoms. The summed E-state index contributed by atoms with van der Waals surface area (Å²) in [7, 11) is 1.54. The van der Waals surface area contributed by atoms with E-state index < -0.39 is 11.3 Å². The molecule has 1 saturated heterocycles. The fourth-order valence-corrected chi connectivity index (χ4v) is 5.09. The number of aryl methyl sites for hydroxylation is 2. The minimum atomic E-state index is -0.780. The van der Waals surface area contributed by atoms with Gasteiger partial charge in [0.2, 0.25) is 0 Å². The van der Waals surface area contributed by atoms with Crippen molar-refractivity contribution >= 4 is 11.5 Å². The lowest BCUT2D eigenvalue weighted by molar-refractivity contribution is -0.267. The molecule has 1 aromatic rings. The molecule has 176 valence electrons. The van der Waals surface area contributed by atoms with E-state index in [1.54, 1.807) is 0 Å². The molecule has 0 atom stereocenters. The number of nitrogens with zero attached hydrogens (tertiary/aromatic N) is 1. The first kappa shape index (κ1) is 23.2. The maximum Gasteiger partial charge on any atom is 0.282 e. The summed E-state index contributed by atoms with van der Waals surface area (Å²) in [5.74, 6) is -0.222. The maximum atomic E-state index is 13.8. The van der Waals surface area contributed by atoms with Crippen molar-refractivity contribution < 1.29 is 33.3 Å². The van der Waals surface area contributed by atoms with Gasteiger partial charge in [0.15, 0.2) is 19.4 Å². The number of rotatable bonds is 8. The lowest BCUT2D eigenvalue weighted by Gasteiger charge is -2.45. The molecule has 1 aromatic carbocycles. The van der Waals surface area contributed by atoms with E-state index in [0.717, 1.165) is 16.7 Å². The van der Waals surface area contributed by atoms with E-state index in [0.29, 0.717) is 56.8 Å². The second-order valence-electron chi connectivity index (χ2n) is 8.50. The topological polar surface area (TPSA) is 75.7 Å². The summed E-state index contributed by atoms with van der Waals surface area (Å²) in [5.41, 5.74) is 2.63. The van der Waals surface area contributed by atoms with Gasteiger partial charge in [0.05, 0.1) is 18.8 Å². The van der Waals surface area contributed by atoms with Crippen molar-refractivity contribution in [3.8, 4) is 0 Å². The Morgan fingerprint density at radius 2 is 1.69 bits per heavy atom. The maximum absolute atomic E-state index is 13.8. The normalized spacial score (nSPS) is 21.9.